The molecule has 0 bridgehead atoms. The fraction of sp³-hybridized carbons (Fsp3) is 0.200. The maximum atomic E-state index is 13.0. The molecule has 0 aliphatic carbocycles. The van der Waals surface area contributed by atoms with Crippen LogP contribution in [0.25, 0.3) is 10.9 Å². The average molecular weight is 304 g/mol. The molecule has 1 aromatic carbocycles. The Balaban J connectivity index is 2.40. The summed E-state index contributed by atoms with van der Waals surface area (Å²) in [6, 6.07) is 6.87. The second-order valence-corrected chi connectivity index (χ2v) is 3.86. The topological polar surface area (TPSA) is 17.0 Å². The monoisotopic (exact) mass is 304 g/mol. The molecule has 14 heavy (non-hydrogen) atoms. The summed E-state index contributed by atoms with van der Waals surface area (Å²) in [5, 5.41) is 1.08. The Labute approximate surface area is 95.6 Å². The zero-order valence-electron chi connectivity index (χ0n) is 7.50. The number of rotatable bonds is 3. The number of aromatic nitrogens is 1. The highest BCUT2D eigenvalue weighted by atomic mass is 127. The number of fused-ring (bicyclic) bond motifs is 1. The van der Waals surface area contributed by atoms with Crippen molar-refractivity contribution in [2.45, 2.75) is 6.54 Å². The van der Waals surface area contributed by atoms with E-state index >= 15 is 0 Å². The van der Waals surface area contributed by atoms with Gasteiger partial charge in [-0.15, -0.1) is 0 Å². The molecule has 0 radical (unpaired) electrons. The van der Waals surface area contributed by atoms with Gasteiger partial charge in [0.25, 0.3) is 0 Å². The van der Waals surface area contributed by atoms with E-state index in [0.717, 1.165) is 24.0 Å². The third-order valence-electron chi connectivity index (χ3n) is 2.18. The van der Waals surface area contributed by atoms with E-state index in [0.29, 0.717) is 0 Å². The van der Waals surface area contributed by atoms with E-state index in [1.807, 2.05) is 16.8 Å². The van der Waals surface area contributed by atoms with Crippen LogP contribution in [0.1, 0.15) is 0 Å². The van der Waals surface area contributed by atoms with Gasteiger partial charge in [-0.05, 0) is 29.7 Å². The molecule has 0 saturated heterocycles. The molecule has 0 spiro atoms. The molecule has 0 unspecified atom stereocenters. The summed E-state index contributed by atoms with van der Waals surface area (Å²) in [6.45, 7) is 1.73. The van der Waals surface area contributed by atoms with Gasteiger partial charge in [0.1, 0.15) is 5.82 Å². The van der Waals surface area contributed by atoms with Gasteiger partial charge >= 0.3 is 0 Å². The van der Waals surface area contributed by atoms with Gasteiger partial charge in [-0.2, -0.15) is 0 Å². The van der Waals surface area contributed by atoms with Crippen LogP contribution in [-0.2, 0) is 6.54 Å². The highest BCUT2D eigenvalue weighted by Gasteiger charge is 2.01. The second-order valence-electron chi connectivity index (χ2n) is 3.10. The van der Waals surface area contributed by atoms with Gasteiger partial charge in [0, 0.05) is 42.2 Å². The molecule has 2 rings (SSSR count). The maximum Gasteiger partial charge on any atom is 0.125 e. The van der Waals surface area contributed by atoms with Gasteiger partial charge < -0.3 is 4.57 Å². The molecule has 1 aromatic heterocycles. The first-order chi connectivity index (χ1) is 6.81. The van der Waals surface area contributed by atoms with E-state index in [1.54, 1.807) is 12.1 Å². The molecule has 0 fully saturated rings. The number of nitrogens with one attached hydrogen (secondary N) is 1. The van der Waals surface area contributed by atoms with Crippen molar-refractivity contribution in [1.82, 2.24) is 8.10 Å². The van der Waals surface area contributed by atoms with Crippen molar-refractivity contribution in [2.75, 3.05) is 6.54 Å². The highest BCUT2D eigenvalue weighted by molar-refractivity contribution is 14.1. The Hall–Kier alpha value is -0.620. The van der Waals surface area contributed by atoms with Crippen molar-refractivity contribution in [1.29, 1.82) is 0 Å². The van der Waals surface area contributed by atoms with Crippen molar-refractivity contribution < 1.29 is 4.39 Å². The molecule has 0 aliphatic rings. The first kappa shape index (κ1) is 9.92. The fourth-order valence-corrected chi connectivity index (χ4v) is 1.76. The number of halogens is 2. The zero-order chi connectivity index (χ0) is 9.97. The van der Waals surface area contributed by atoms with Gasteiger partial charge in [0.05, 0.1) is 5.52 Å². The summed E-state index contributed by atoms with van der Waals surface area (Å²) in [6.07, 6.45) is 1.98. The normalized spacial score (nSPS) is 11.0. The second kappa shape index (κ2) is 4.27. The summed E-state index contributed by atoms with van der Waals surface area (Å²) in [4.78, 5) is 0. The first-order valence-electron chi connectivity index (χ1n) is 4.39. The number of benzene rings is 1. The first-order valence-corrected chi connectivity index (χ1v) is 5.47. The molecule has 2 nitrogen and oxygen atoms in total. The summed E-state index contributed by atoms with van der Waals surface area (Å²) in [5.41, 5.74) is 0.955. The molecular weight excluding hydrogens is 294 g/mol. The van der Waals surface area contributed by atoms with Crippen molar-refractivity contribution >= 4 is 33.8 Å². The molecule has 1 N–H and O–H groups in total. The molecule has 4 heteroatoms. The predicted octanol–water partition coefficient (Wildman–Crippen LogP) is 2.72. The van der Waals surface area contributed by atoms with Crippen molar-refractivity contribution in [3.63, 3.8) is 0 Å². The van der Waals surface area contributed by atoms with E-state index in [4.69, 9.17) is 0 Å². The molecule has 0 atom stereocenters. The Morgan fingerprint density at radius 1 is 1.36 bits per heavy atom. The van der Waals surface area contributed by atoms with Crippen LogP contribution in [-0.4, -0.2) is 11.1 Å². The number of hydrogen-bond acceptors (Lipinski definition) is 1. The van der Waals surface area contributed by atoms with Gasteiger partial charge in [-0.3, -0.25) is 3.53 Å². The van der Waals surface area contributed by atoms with Crippen LogP contribution in [0.3, 0.4) is 0 Å². The maximum absolute atomic E-state index is 13.0. The van der Waals surface area contributed by atoms with Crippen LogP contribution in [0.5, 0.6) is 0 Å². The summed E-state index contributed by atoms with van der Waals surface area (Å²) in [7, 11) is 0. The smallest absolute Gasteiger partial charge is 0.125 e. The fourth-order valence-electron chi connectivity index (χ4n) is 1.51. The Kier molecular flexibility index (Phi) is 3.02. The van der Waals surface area contributed by atoms with E-state index in [-0.39, 0.29) is 5.82 Å². The van der Waals surface area contributed by atoms with Gasteiger partial charge in [-0.1, -0.05) is 0 Å². The summed E-state index contributed by atoms with van der Waals surface area (Å²) < 4.78 is 18.1. The number of nitrogens with zero attached hydrogens (tertiary/aromatic N) is 1. The van der Waals surface area contributed by atoms with Gasteiger partial charge in [0.15, 0.2) is 0 Å². The van der Waals surface area contributed by atoms with Crippen molar-refractivity contribution in [3.8, 4) is 0 Å². The molecule has 2 aromatic rings. The highest BCUT2D eigenvalue weighted by Crippen LogP contribution is 2.16. The predicted molar refractivity (Wildman–Crippen MR) is 63.9 cm³/mol. The lowest BCUT2D eigenvalue weighted by atomic mass is 10.2. The lowest BCUT2D eigenvalue weighted by molar-refractivity contribution is 0.627. The molecule has 0 amide bonds. The third kappa shape index (κ3) is 1.90. The molecule has 1 heterocycles. The quantitative estimate of drug-likeness (QED) is 0.681. The van der Waals surface area contributed by atoms with Crippen LogP contribution < -0.4 is 3.53 Å². The van der Waals surface area contributed by atoms with Crippen LogP contribution in [0.2, 0.25) is 0 Å². The van der Waals surface area contributed by atoms with Crippen molar-refractivity contribution in [3.05, 3.63) is 36.3 Å². The minimum Gasteiger partial charge on any atom is -0.346 e. The van der Waals surface area contributed by atoms with Crippen LogP contribution in [0.15, 0.2) is 30.5 Å². The van der Waals surface area contributed by atoms with Gasteiger partial charge in [0.2, 0.25) is 0 Å². The van der Waals surface area contributed by atoms with Crippen LogP contribution in [0.4, 0.5) is 4.39 Å². The lowest BCUT2D eigenvalue weighted by Gasteiger charge is -2.03. The molecule has 0 saturated carbocycles. The standard InChI is InChI=1S/C10H10FIN2/c11-9-2-1-8-3-5-14(6-4-13-12)10(8)7-9/h1-3,5,7,13H,4,6H2. The summed E-state index contributed by atoms with van der Waals surface area (Å²) >= 11 is 2.11. The van der Waals surface area contributed by atoms with E-state index in [2.05, 4.69) is 26.4 Å². The van der Waals surface area contributed by atoms with Crippen molar-refractivity contribution in [2.24, 2.45) is 0 Å². The Morgan fingerprint density at radius 3 is 3.00 bits per heavy atom. The SMILES string of the molecule is Fc1ccc2ccn(CCNI)c2c1. The van der Waals surface area contributed by atoms with Crippen LogP contribution in [0, 0.1) is 5.82 Å². The molecule has 0 aliphatic heterocycles. The van der Waals surface area contributed by atoms with E-state index < -0.39 is 0 Å². The minimum absolute atomic E-state index is 0.181. The van der Waals surface area contributed by atoms with Gasteiger partial charge in [-0.25, -0.2) is 4.39 Å². The largest absolute Gasteiger partial charge is 0.346 e. The van der Waals surface area contributed by atoms with E-state index in [1.165, 1.54) is 6.07 Å². The Morgan fingerprint density at radius 2 is 2.21 bits per heavy atom. The number of hydrogen-bond donors (Lipinski definition) is 1. The Bertz CT molecular complexity index is 439. The zero-order valence-corrected chi connectivity index (χ0v) is 9.66. The lowest BCUT2D eigenvalue weighted by Crippen LogP contribution is -2.09. The third-order valence-corrected chi connectivity index (χ3v) is 2.72. The summed E-state index contributed by atoms with van der Waals surface area (Å²) in [5.74, 6) is -0.181. The van der Waals surface area contributed by atoms with Crippen LogP contribution >= 0.6 is 22.9 Å². The molecule has 74 valence electrons. The van der Waals surface area contributed by atoms with E-state index in [9.17, 15) is 4.39 Å². The minimum atomic E-state index is -0.181. The average Bonchev–Trinajstić information content (AvgIpc) is 2.57. The molecular formula is C10H10FIN2.